The minimum absolute atomic E-state index is 0.00842. The van der Waals surface area contributed by atoms with Crippen molar-refractivity contribution in [2.24, 2.45) is 0 Å². The average molecular weight is 351 g/mol. The van der Waals surface area contributed by atoms with Crippen molar-refractivity contribution < 1.29 is 4.79 Å². The predicted molar refractivity (Wildman–Crippen MR) is 106 cm³/mol. The summed E-state index contributed by atoms with van der Waals surface area (Å²) in [6, 6.07) is 18.7. The fourth-order valence-electron chi connectivity index (χ4n) is 3.39. The average Bonchev–Trinajstić information content (AvgIpc) is 2.69. The Morgan fingerprint density at radius 1 is 1.00 bits per heavy atom. The molecule has 1 aliphatic rings. The Hall–Kier alpha value is -2.17. The number of piperazine rings is 1. The van der Waals surface area contributed by atoms with Gasteiger partial charge >= 0.3 is 0 Å². The lowest BCUT2D eigenvalue weighted by Crippen LogP contribution is -2.45. The molecule has 0 radical (unpaired) electrons. The van der Waals surface area contributed by atoms with Gasteiger partial charge in [0.15, 0.2) is 0 Å². The van der Waals surface area contributed by atoms with Crippen LogP contribution in [0.1, 0.15) is 34.5 Å². The second-order valence-electron chi connectivity index (χ2n) is 7.13. The molecule has 0 spiro atoms. The molecule has 2 aromatic rings. The van der Waals surface area contributed by atoms with Gasteiger partial charge in [0.05, 0.1) is 0 Å². The third-order valence-corrected chi connectivity index (χ3v) is 5.28. The maximum absolute atomic E-state index is 12.1. The van der Waals surface area contributed by atoms with E-state index in [1.165, 1.54) is 11.1 Å². The summed E-state index contributed by atoms with van der Waals surface area (Å²) in [7, 11) is 2.19. The zero-order chi connectivity index (χ0) is 18.4. The predicted octanol–water partition coefficient (Wildman–Crippen LogP) is 2.97. The molecule has 0 aromatic heterocycles. The van der Waals surface area contributed by atoms with Crippen LogP contribution in [-0.4, -0.2) is 55.5 Å². The summed E-state index contributed by atoms with van der Waals surface area (Å²) in [4.78, 5) is 17.0. The fourth-order valence-corrected chi connectivity index (χ4v) is 3.39. The van der Waals surface area contributed by atoms with Crippen molar-refractivity contribution in [3.8, 4) is 0 Å². The molecule has 4 heteroatoms. The van der Waals surface area contributed by atoms with Crippen LogP contribution in [0.25, 0.3) is 0 Å². The van der Waals surface area contributed by atoms with Gasteiger partial charge in [-0.15, -0.1) is 0 Å². The first-order valence-electron chi connectivity index (χ1n) is 9.48. The van der Waals surface area contributed by atoms with Gasteiger partial charge in [0.25, 0.3) is 5.91 Å². The molecule has 4 nitrogen and oxygen atoms in total. The normalized spacial score (nSPS) is 17.0. The molecule has 1 unspecified atom stereocenters. The van der Waals surface area contributed by atoms with Gasteiger partial charge < -0.3 is 10.2 Å². The maximum Gasteiger partial charge on any atom is 0.251 e. The van der Waals surface area contributed by atoms with E-state index in [1.54, 1.807) is 0 Å². The van der Waals surface area contributed by atoms with E-state index >= 15 is 0 Å². The van der Waals surface area contributed by atoms with Crippen LogP contribution in [-0.2, 0) is 6.42 Å². The molecule has 1 N–H and O–H groups in total. The summed E-state index contributed by atoms with van der Waals surface area (Å²) in [6.07, 6.45) is 0.849. The van der Waals surface area contributed by atoms with E-state index in [4.69, 9.17) is 0 Å². The van der Waals surface area contributed by atoms with Crippen LogP contribution >= 0.6 is 0 Å². The Morgan fingerprint density at radius 3 is 2.31 bits per heavy atom. The van der Waals surface area contributed by atoms with Crippen molar-refractivity contribution >= 4 is 5.91 Å². The van der Waals surface area contributed by atoms with Crippen LogP contribution in [0.3, 0.4) is 0 Å². The van der Waals surface area contributed by atoms with Gasteiger partial charge in [-0.1, -0.05) is 42.5 Å². The Labute approximate surface area is 156 Å². The minimum atomic E-state index is -0.00842. The van der Waals surface area contributed by atoms with Crippen LogP contribution in [0.5, 0.6) is 0 Å². The summed E-state index contributed by atoms with van der Waals surface area (Å²) in [5.41, 5.74) is 3.34. The molecule has 1 heterocycles. The Balaban J connectivity index is 1.47. The lowest BCUT2D eigenvalue weighted by molar-refractivity contribution is 0.0954. The van der Waals surface area contributed by atoms with Gasteiger partial charge in [0.2, 0.25) is 0 Å². The third kappa shape index (κ3) is 4.93. The van der Waals surface area contributed by atoms with Crippen molar-refractivity contribution in [1.82, 2.24) is 15.1 Å². The molecule has 1 fully saturated rings. The maximum atomic E-state index is 12.1. The Bertz CT molecular complexity index is 691. The summed E-state index contributed by atoms with van der Waals surface area (Å²) < 4.78 is 0. The van der Waals surface area contributed by atoms with Crippen molar-refractivity contribution in [3.63, 3.8) is 0 Å². The molecule has 0 saturated carbocycles. The highest BCUT2D eigenvalue weighted by atomic mass is 16.1. The van der Waals surface area contributed by atoms with Gasteiger partial charge in [-0.2, -0.15) is 0 Å². The number of rotatable bonds is 6. The summed E-state index contributed by atoms with van der Waals surface area (Å²) in [5.74, 6) is -0.00842. The van der Waals surface area contributed by atoms with E-state index in [0.717, 1.165) is 32.6 Å². The van der Waals surface area contributed by atoms with Crippen molar-refractivity contribution in [1.29, 1.82) is 0 Å². The summed E-state index contributed by atoms with van der Waals surface area (Å²) >= 11 is 0. The largest absolute Gasteiger partial charge is 0.352 e. The minimum Gasteiger partial charge on any atom is -0.352 e. The number of hydrogen-bond acceptors (Lipinski definition) is 3. The highest BCUT2D eigenvalue weighted by Gasteiger charge is 2.20. The number of benzene rings is 2. The second kappa shape index (κ2) is 8.97. The molecule has 138 valence electrons. The lowest BCUT2D eigenvalue weighted by Gasteiger charge is -2.36. The summed E-state index contributed by atoms with van der Waals surface area (Å²) in [5, 5.41) is 2.99. The number of carbonyl (C=O) groups is 1. The highest BCUT2D eigenvalue weighted by Crippen LogP contribution is 2.21. The van der Waals surface area contributed by atoms with Gasteiger partial charge in [0, 0.05) is 44.3 Å². The number of hydrogen-bond donors (Lipinski definition) is 1. The molecule has 26 heavy (non-hydrogen) atoms. The monoisotopic (exact) mass is 351 g/mol. The van der Waals surface area contributed by atoms with E-state index in [2.05, 4.69) is 53.4 Å². The topological polar surface area (TPSA) is 35.6 Å². The van der Waals surface area contributed by atoms with E-state index in [1.807, 2.05) is 30.3 Å². The molecule has 3 rings (SSSR count). The summed E-state index contributed by atoms with van der Waals surface area (Å²) in [6.45, 7) is 7.49. The zero-order valence-corrected chi connectivity index (χ0v) is 15.8. The second-order valence-corrected chi connectivity index (χ2v) is 7.13. The molecule has 1 aliphatic heterocycles. The molecule has 2 aromatic carbocycles. The molecule has 1 amide bonds. The van der Waals surface area contributed by atoms with Crippen LogP contribution in [0.15, 0.2) is 54.6 Å². The van der Waals surface area contributed by atoms with Crippen molar-refractivity contribution in [2.75, 3.05) is 39.8 Å². The van der Waals surface area contributed by atoms with Crippen LogP contribution in [0.4, 0.5) is 0 Å². The first-order chi connectivity index (χ1) is 12.6. The van der Waals surface area contributed by atoms with E-state index < -0.39 is 0 Å². The molecule has 1 atom stereocenters. The van der Waals surface area contributed by atoms with Crippen molar-refractivity contribution in [3.05, 3.63) is 71.3 Å². The number of nitrogens with zero attached hydrogens (tertiary/aromatic N) is 2. The smallest absolute Gasteiger partial charge is 0.251 e. The van der Waals surface area contributed by atoms with Gasteiger partial charge in [-0.05, 0) is 43.7 Å². The van der Waals surface area contributed by atoms with E-state index in [-0.39, 0.29) is 5.91 Å². The van der Waals surface area contributed by atoms with Gasteiger partial charge in [0.1, 0.15) is 0 Å². The Kier molecular flexibility index (Phi) is 6.42. The third-order valence-electron chi connectivity index (χ3n) is 5.28. The van der Waals surface area contributed by atoms with Crippen molar-refractivity contribution in [2.45, 2.75) is 19.4 Å². The van der Waals surface area contributed by atoms with Gasteiger partial charge in [-0.3, -0.25) is 9.69 Å². The zero-order valence-electron chi connectivity index (χ0n) is 15.8. The molecule has 1 saturated heterocycles. The van der Waals surface area contributed by atoms with Crippen LogP contribution in [0.2, 0.25) is 0 Å². The number of carbonyl (C=O) groups excluding carboxylic acids is 1. The first kappa shape index (κ1) is 18.6. The number of amides is 1. The van der Waals surface area contributed by atoms with Crippen LogP contribution < -0.4 is 5.32 Å². The number of likely N-dealkylation sites (N-methyl/N-ethyl adjacent to an activating group) is 1. The fraction of sp³-hybridized carbons (Fsp3) is 0.409. The van der Waals surface area contributed by atoms with E-state index in [0.29, 0.717) is 18.2 Å². The van der Waals surface area contributed by atoms with E-state index in [9.17, 15) is 4.79 Å². The van der Waals surface area contributed by atoms with Gasteiger partial charge in [-0.25, -0.2) is 0 Å². The quantitative estimate of drug-likeness (QED) is 0.869. The lowest BCUT2D eigenvalue weighted by atomic mass is 10.0. The molecule has 0 bridgehead atoms. The molecular weight excluding hydrogens is 322 g/mol. The SMILES string of the molecule is CC(c1ccc(CCNC(=O)c2ccccc2)cc1)N1CCN(C)CC1. The standard InChI is InChI=1S/C22H29N3O/c1-18(25-16-14-24(2)15-17-25)20-10-8-19(9-11-20)12-13-23-22(26)21-6-4-3-5-7-21/h3-11,18H,12-17H2,1-2H3,(H,23,26). The number of nitrogens with one attached hydrogen (secondary N) is 1. The molecule has 0 aliphatic carbocycles. The van der Waals surface area contributed by atoms with Crippen LogP contribution in [0, 0.1) is 0 Å². The Morgan fingerprint density at radius 2 is 1.65 bits per heavy atom. The first-order valence-corrected chi connectivity index (χ1v) is 9.48. The highest BCUT2D eigenvalue weighted by molar-refractivity contribution is 5.94. The molecular formula is C22H29N3O.